The lowest BCUT2D eigenvalue weighted by Gasteiger charge is -2.22. The first-order valence-electron chi connectivity index (χ1n) is 8.27. The van der Waals surface area contributed by atoms with Crippen LogP contribution in [0.5, 0.6) is 0 Å². The summed E-state index contributed by atoms with van der Waals surface area (Å²) < 4.78 is 8.40. The molecular weight excluding hydrogens is 382 g/mol. The van der Waals surface area contributed by atoms with Gasteiger partial charge in [0, 0.05) is 31.0 Å². The number of ketones is 1. The van der Waals surface area contributed by atoms with Gasteiger partial charge in [0.25, 0.3) is 0 Å². The minimum atomic E-state index is -0.379. The molecule has 5 nitrogen and oxygen atoms in total. The Morgan fingerprint density at radius 1 is 1.32 bits per heavy atom. The van der Waals surface area contributed by atoms with E-state index in [2.05, 4.69) is 44.4 Å². The number of fused-ring (bicyclic) bond motifs is 1. The number of ether oxygens (including phenoxy) is 1. The van der Waals surface area contributed by atoms with Crippen molar-refractivity contribution in [3.63, 3.8) is 0 Å². The number of nitrogens with zero attached hydrogens (tertiary/aromatic N) is 2. The average molecular weight is 400 g/mol. The molecule has 0 bridgehead atoms. The Bertz CT molecular complexity index is 902. The van der Waals surface area contributed by atoms with E-state index < -0.39 is 0 Å². The van der Waals surface area contributed by atoms with Crippen LogP contribution in [-0.2, 0) is 16.1 Å². The second-order valence-corrected chi connectivity index (χ2v) is 6.95. The van der Waals surface area contributed by atoms with Crippen molar-refractivity contribution < 1.29 is 9.53 Å². The number of hydrogen-bond donors (Lipinski definition) is 1. The highest BCUT2D eigenvalue weighted by atomic mass is 79.9. The summed E-state index contributed by atoms with van der Waals surface area (Å²) in [5, 5.41) is 3.20. The monoisotopic (exact) mass is 399 g/mol. The van der Waals surface area contributed by atoms with Crippen molar-refractivity contribution in [2.24, 2.45) is 0 Å². The van der Waals surface area contributed by atoms with Gasteiger partial charge in [0.2, 0.25) is 0 Å². The standard InChI is InChI=1S/C19H18BrN3O2/c20-15-11-23(12-17(24)18-10-21-6-7-25-18)16-8-14(9-22-19(15)16)13-4-2-1-3-5-13/h1-5,8-9,11,18,21H,6-7,10,12H2. The molecule has 3 aromatic rings. The van der Waals surface area contributed by atoms with E-state index >= 15 is 0 Å². The lowest BCUT2D eigenvalue weighted by Crippen LogP contribution is -2.44. The molecule has 25 heavy (non-hydrogen) atoms. The number of pyridine rings is 1. The summed E-state index contributed by atoms with van der Waals surface area (Å²) in [7, 11) is 0. The molecule has 1 fully saturated rings. The van der Waals surface area contributed by atoms with Crippen LogP contribution in [-0.4, -0.2) is 41.1 Å². The molecule has 128 valence electrons. The maximum atomic E-state index is 12.6. The zero-order chi connectivity index (χ0) is 17.2. The van der Waals surface area contributed by atoms with Crippen molar-refractivity contribution in [1.29, 1.82) is 0 Å². The summed E-state index contributed by atoms with van der Waals surface area (Å²) >= 11 is 3.55. The van der Waals surface area contributed by atoms with Crippen LogP contribution in [0.4, 0.5) is 0 Å². The number of benzene rings is 1. The number of Topliss-reactive ketones (excluding diaryl/α,β-unsaturated/α-hetero) is 1. The molecular formula is C19H18BrN3O2. The van der Waals surface area contributed by atoms with Gasteiger partial charge in [-0.1, -0.05) is 30.3 Å². The molecule has 0 spiro atoms. The maximum absolute atomic E-state index is 12.6. The van der Waals surface area contributed by atoms with Crippen LogP contribution < -0.4 is 5.32 Å². The van der Waals surface area contributed by atoms with Crippen molar-refractivity contribution in [2.45, 2.75) is 12.6 Å². The van der Waals surface area contributed by atoms with Gasteiger partial charge in [0.1, 0.15) is 11.6 Å². The fraction of sp³-hybridized carbons (Fsp3) is 0.263. The van der Waals surface area contributed by atoms with E-state index in [0.717, 1.165) is 33.2 Å². The largest absolute Gasteiger partial charge is 0.368 e. The van der Waals surface area contributed by atoms with Crippen molar-refractivity contribution in [2.75, 3.05) is 19.7 Å². The van der Waals surface area contributed by atoms with Gasteiger partial charge in [-0.15, -0.1) is 0 Å². The molecule has 6 heteroatoms. The minimum absolute atomic E-state index is 0.0710. The predicted octanol–water partition coefficient (Wildman–Crippen LogP) is 3.02. The molecule has 1 aliphatic rings. The van der Waals surface area contributed by atoms with Crippen LogP contribution in [0.15, 0.2) is 53.3 Å². The molecule has 1 unspecified atom stereocenters. The lowest BCUT2D eigenvalue weighted by atomic mass is 10.1. The zero-order valence-corrected chi connectivity index (χ0v) is 15.2. The van der Waals surface area contributed by atoms with Crippen LogP contribution in [0.25, 0.3) is 22.2 Å². The zero-order valence-electron chi connectivity index (χ0n) is 13.6. The van der Waals surface area contributed by atoms with E-state index in [1.54, 1.807) is 0 Å². The van der Waals surface area contributed by atoms with E-state index in [1.807, 2.05) is 35.2 Å². The molecule has 4 rings (SSSR count). The Labute approximate surface area is 154 Å². The number of morpholine rings is 1. The molecule has 1 N–H and O–H groups in total. The SMILES string of the molecule is O=C(Cn1cc(Br)c2ncc(-c3ccccc3)cc21)C1CNCCO1. The number of hydrogen-bond acceptors (Lipinski definition) is 4. The molecule has 0 aliphatic carbocycles. The van der Waals surface area contributed by atoms with E-state index in [4.69, 9.17) is 4.74 Å². The van der Waals surface area contributed by atoms with Crippen LogP contribution in [0.2, 0.25) is 0 Å². The molecule has 3 heterocycles. The summed E-state index contributed by atoms with van der Waals surface area (Å²) in [6.45, 7) is 2.22. The van der Waals surface area contributed by atoms with Gasteiger partial charge in [0.15, 0.2) is 5.78 Å². The summed E-state index contributed by atoms with van der Waals surface area (Å²) in [4.78, 5) is 17.1. The van der Waals surface area contributed by atoms with Crippen LogP contribution in [0.3, 0.4) is 0 Å². The van der Waals surface area contributed by atoms with Crippen LogP contribution >= 0.6 is 15.9 Å². The van der Waals surface area contributed by atoms with Gasteiger partial charge in [-0.3, -0.25) is 9.78 Å². The minimum Gasteiger partial charge on any atom is -0.368 e. The molecule has 1 atom stereocenters. The fourth-order valence-electron chi connectivity index (χ4n) is 3.08. The number of nitrogens with one attached hydrogen (secondary N) is 1. The average Bonchev–Trinajstić information content (AvgIpc) is 2.98. The van der Waals surface area contributed by atoms with Gasteiger partial charge in [-0.2, -0.15) is 0 Å². The van der Waals surface area contributed by atoms with E-state index in [0.29, 0.717) is 13.2 Å². The second-order valence-electron chi connectivity index (χ2n) is 6.09. The highest BCUT2D eigenvalue weighted by Gasteiger charge is 2.23. The van der Waals surface area contributed by atoms with Crippen molar-refractivity contribution in [3.8, 4) is 11.1 Å². The molecule has 0 amide bonds. The number of carbonyl (C=O) groups excluding carboxylic acids is 1. The summed E-state index contributed by atoms with van der Waals surface area (Å²) in [5.74, 6) is 0.0710. The van der Waals surface area contributed by atoms with Crippen molar-refractivity contribution in [1.82, 2.24) is 14.9 Å². The normalized spacial score (nSPS) is 17.7. The van der Waals surface area contributed by atoms with Gasteiger partial charge >= 0.3 is 0 Å². The number of rotatable bonds is 4. The van der Waals surface area contributed by atoms with Crippen LogP contribution in [0.1, 0.15) is 0 Å². The molecule has 0 radical (unpaired) electrons. The Morgan fingerprint density at radius 2 is 2.16 bits per heavy atom. The van der Waals surface area contributed by atoms with E-state index in [9.17, 15) is 4.79 Å². The first-order chi connectivity index (χ1) is 12.2. The van der Waals surface area contributed by atoms with Crippen molar-refractivity contribution >= 4 is 32.7 Å². The fourth-order valence-corrected chi connectivity index (χ4v) is 3.64. The molecule has 2 aromatic heterocycles. The predicted molar refractivity (Wildman–Crippen MR) is 100 cm³/mol. The highest BCUT2D eigenvalue weighted by molar-refractivity contribution is 9.10. The number of halogens is 1. The third kappa shape index (κ3) is 3.38. The topological polar surface area (TPSA) is 56.2 Å². The summed E-state index contributed by atoms with van der Waals surface area (Å²) in [6.07, 6.45) is 3.40. The highest BCUT2D eigenvalue weighted by Crippen LogP contribution is 2.28. The Hall–Kier alpha value is -2.02. The molecule has 1 aromatic carbocycles. The smallest absolute Gasteiger partial charge is 0.182 e. The summed E-state index contributed by atoms with van der Waals surface area (Å²) in [6, 6.07) is 12.2. The quantitative estimate of drug-likeness (QED) is 0.732. The molecule has 0 saturated carbocycles. The second kappa shape index (κ2) is 7.07. The molecule has 1 saturated heterocycles. The first kappa shape index (κ1) is 16.4. The third-order valence-corrected chi connectivity index (χ3v) is 4.97. The van der Waals surface area contributed by atoms with Gasteiger partial charge in [-0.05, 0) is 27.6 Å². The van der Waals surface area contributed by atoms with Gasteiger partial charge in [0.05, 0.1) is 23.1 Å². The summed E-state index contributed by atoms with van der Waals surface area (Å²) in [5.41, 5.74) is 3.93. The van der Waals surface area contributed by atoms with Crippen LogP contribution in [0, 0.1) is 0 Å². The first-order valence-corrected chi connectivity index (χ1v) is 9.06. The number of aromatic nitrogens is 2. The van der Waals surface area contributed by atoms with Gasteiger partial charge in [-0.25, -0.2) is 0 Å². The van der Waals surface area contributed by atoms with E-state index in [-0.39, 0.29) is 18.4 Å². The lowest BCUT2D eigenvalue weighted by molar-refractivity contribution is -0.132. The number of carbonyl (C=O) groups is 1. The van der Waals surface area contributed by atoms with E-state index in [1.165, 1.54) is 0 Å². The Balaban J connectivity index is 1.67. The Morgan fingerprint density at radius 3 is 2.92 bits per heavy atom. The maximum Gasteiger partial charge on any atom is 0.182 e. The van der Waals surface area contributed by atoms with Gasteiger partial charge < -0.3 is 14.6 Å². The molecule has 1 aliphatic heterocycles. The Kier molecular flexibility index (Phi) is 4.65. The third-order valence-electron chi connectivity index (χ3n) is 4.39. The van der Waals surface area contributed by atoms with Crippen molar-refractivity contribution in [3.05, 3.63) is 53.3 Å².